The number of nitrogens with zero attached hydrogens (tertiary/aromatic N) is 3. The predicted molar refractivity (Wildman–Crippen MR) is 122 cm³/mol. The molecule has 1 aliphatic carbocycles. The van der Waals surface area contributed by atoms with Crippen molar-refractivity contribution < 1.29 is 9.50 Å². The van der Waals surface area contributed by atoms with Gasteiger partial charge in [-0.3, -0.25) is 4.98 Å². The number of benzene rings is 2. The van der Waals surface area contributed by atoms with Crippen molar-refractivity contribution in [3.8, 4) is 0 Å². The standard InChI is InChI=1S/C26H26FN3O/c27-21-11-13-30(16-26(21)31)24-7-3-5-17-10-12-29(15-20(17)24)25-14-19(25)23-9-8-18-4-1-2-6-22(18)28-23/h1-10,12,19,21,25-26,31H,11,13-16H2/t19?,21-,25?,26-/m1/s1. The summed E-state index contributed by atoms with van der Waals surface area (Å²) in [5.74, 6) is 0.451. The van der Waals surface area contributed by atoms with Crippen molar-refractivity contribution in [3.63, 3.8) is 0 Å². The largest absolute Gasteiger partial charge is 0.388 e. The highest BCUT2D eigenvalue weighted by Gasteiger charge is 2.44. The predicted octanol–water partition coefficient (Wildman–Crippen LogP) is 4.49. The van der Waals surface area contributed by atoms with E-state index >= 15 is 0 Å². The number of aliphatic hydroxyl groups is 1. The molecule has 0 bridgehead atoms. The maximum atomic E-state index is 13.8. The Morgan fingerprint density at radius 3 is 2.84 bits per heavy atom. The lowest BCUT2D eigenvalue weighted by Crippen LogP contribution is -2.45. The molecule has 4 nitrogen and oxygen atoms in total. The second-order valence-corrected chi connectivity index (χ2v) is 8.99. The van der Waals surface area contributed by atoms with E-state index in [4.69, 9.17) is 4.98 Å². The van der Waals surface area contributed by atoms with Crippen molar-refractivity contribution in [2.24, 2.45) is 0 Å². The van der Waals surface area contributed by atoms with E-state index in [-0.39, 0.29) is 0 Å². The van der Waals surface area contributed by atoms with Crippen LogP contribution in [0.25, 0.3) is 17.0 Å². The van der Waals surface area contributed by atoms with Crippen LogP contribution in [-0.4, -0.2) is 46.4 Å². The molecule has 158 valence electrons. The van der Waals surface area contributed by atoms with Crippen LogP contribution in [0.5, 0.6) is 0 Å². The van der Waals surface area contributed by atoms with E-state index in [0.29, 0.717) is 31.5 Å². The van der Waals surface area contributed by atoms with Crippen molar-refractivity contribution in [2.45, 2.75) is 43.6 Å². The fourth-order valence-corrected chi connectivity index (χ4v) is 5.13. The Morgan fingerprint density at radius 2 is 1.94 bits per heavy atom. The minimum atomic E-state index is -1.12. The van der Waals surface area contributed by atoms with E-state index in [9.17, 15) is 9.50 Å². The van der Waals surface area contributed by atoms with Crippen LogP contribution in [-0.2, 0) is 6.54 Å². The van der Waals surface area contributed by atoms with Gasteiger partial charge in [0.25, 0.3) is 0 Å². The van der Waals surface area contributed by atoms with E-state index in [1.807, 2.05) is 12.1 Å². The van der Waals surface area contributed by atoms with Crippen LogP contribution in [0.4, 0.5) is 10.1 Å². The van der Waals surface area contributed by atoms with Gasteiger partial charge in [0.1, 0.15) is 12.3 Å². The van der Waals surface area contributed by atoms with Crippen LogP contribution in [0, 0.1) is 0 Å². The molecule has 3 heterocycles. The molecule has 2 fully saturated rings. The van der Waals surface area contributed by atoms with Crippen molar-refractivity contribution in [1.29, 1.82) is 0 Å². The van der Waals surface area contributed by atoms with Gasteiger partial charge in [-0.15, -0.1) is 0 Å². The molecule has 0 spiro atoms. The third-order valence-corrected chi connectivity index (χ3v) is 7.00. The molecule has 1 aromatic heterocycles. The smallest absolute Gasteiger partial charge is 0.129 e. The van der Waals surface area contributed by atoms with E-state index in [2.05, 4.69) is 64.5 Å². The lowest BCUT2D eigenvalue weighted by molar-refractivity contribution is 0.0644. The Labute approximate surface area is 181 Å². The van der Waals surface area contributed by atoms with Gasteiger partial charge in [0.05, 0.1) is 5.52 Å². The highest BCUT2D eigenvalue weighted by atomic mass is 19.1. The first-order chi connectivity index (χ1) is 15.2. The molecule has 3 aliphatic rings. The monoisotopic (exact) mass is 415 g/mol. The number of piperidine rings is 1. The first-order valence-corrected chi connectivity index (χ1v) is 11.2. The molecule has 1 saturated heterocycles. The van der Waals surface area contributed by atoms with E-state index in [1.54, 1.807) is 0 Å². The summed E-state index contributed by atoms with van der Waals surface area (Å²) in [5, 5.41) is 11.2. The molecule has 2 unspecified atom stereocenters. The number of alkyl halides is 1. The molecule has 0 radical (unpaired) electrons. The van der Waals surface area contributed by atoms with Gasteiger partial charge < -0.3 is 14.9 Å². The number of β-amino-alcohol motifs (C(OH)–C–C–N with tert-alkyl or cyclic N) is 1. The molecule has 1 N–H and O–H groups in total. The minimum absolute atomic E-state index is 0.356. The Morgan fingerprint density at radius 1 is 1.03 bits per heavy atom. The van der Waals surface area contributed by atoms with Crippen LogP contribution in [0.2, 0.25) is 0 Å². The molecular weight excluding hydrogens is 389 g/mol. The maximum absolute atomic E-state index is 13.8. The third kappa shape index (κ3) is 3.37. The number of pyridine rings is 1. The van der Waals surface area contributed by atoms with Crippen LogP contribution >= 0.6 is 0 Å². The maximum Gasteiger partial charge on any atom is 0.129 e. The van der Waals surface area contributed by atoms with Gasteiger partial charge in [-0.1, -0.05) is 36.4 Å². The Hall–Kier alpha value is -2.92. The van der Waals surface area contributed by atoms with Crippen LogP contribution in [0.1, 0.15) is 35.6 Å². The topological polar surface area (TPSA) is 39.6 Å². The summed E-state index contributed by atoms with van der Waals surface area (Å²) in [6.07, 6.45) is 3.85. The molecule has 3 aromatic rings. The molecule has 2 aromatic carbocycles. The third-order valence-electron chi connectivity index (χ3n) is 7.00. The molecule has 6 rings (SSSR count). The lowest BCUT2D eigenvalue weighted by atomic mass is 9.98. The number of halogens is 1. The normalized spacial score (nSPS) is 27.4. The quantitative estimate of drug-likeness (QED) is 0.684. The zero-order valence-corrected chi connectivity index (χ0v) is 17.4. The average Bonchev–Trinajstić information content (AvgIpc) is 3.61. The SMILES string of the molecule is O[C@@H]1CN(c2cccc3c2CN(C2CC2c2ccc4ccccc4n2)C=C3)CC[C@H]1F. The number of hydrogen-bond donors (Lipinski definition) is 1. The fourth-order valence-electron chi connectivity index (χ4n) is 5.13. The summed E-state index contributed by atoms with van der Waals surface area (Å²) in [6.45, 7) is 1.84. The van der Waals surface area contributed by atoms with Gasteiger partial charge in [-0.05, 0) is 42.7 Å². The number of anilines is 1. The Balaban J connectivity index is 1.23. The van der Waals surface area contributed by atoms with Crippen molar-refractivity contribution in [3.05, 3.63) is 77.6 Å². The summed E-state index contributed by atoms with van der Waals surface area (Å²) in [5.41, 5.74) is 5.84. The molecular formula is C26H26FN3O. The van der Waals surface area contributed by atoms with E-state index in [0.717, 1.165) is 24.2 Å². The van der Waals surface area contributed by atoms with Gasteiger partial charge in [0.2, 0.25) is 0 Å². The molecule has 0 amide bonds. The number of hydrogen-bond acceptors (Lipinski definition) is 4. The minimum Gasteiger partial charge on any atom is -0.388 e. The second kappa shape index (κ2) is 7.34. The molecule has 4 atom stereocenters. The molecule has 5 heteroatoms. The first kappa shape index (κ1) is 18.8. The van der Waals surface area contributed by atoms with Crippen LogP contribution in [0.15, 0.2) is 60.8 Å². The van der Waals surface area contributed by atoms with Gasteiger partial charge in [-0.25, -0.2) is 4.39 Å². The van der Waals surface area contributed by atoms with Crippen LogP contribution in [0.3, 0.4) is 0 Å². The van der Waals surface area contributed by atoms with Crippen molar-refractivity contribution in [1.82, 2.24) is 9.88 Å². The average molecular weight is 416 g/mol. The zero-order chi connectivity index (χ0) is 20.9. The van der Waals surface area contributed by atoms with Gasteiger partial charge in [0.15, 0.2) is 0 Å². The Bertz CT molecular complexity index is 1160. The summed E-state index contributed by atoms with van der Waals surface area (Å²) >= 11 is 0. The number of para-hydroxylation sites is 1. The van der Waals surface area contributed by atoms with Crippen LogP contribution < -0.4 is 4.90 Å². The Kier molecular flexibility index (Phi) is 4.46. The highest BCUT2D eigenvalue weighted by Crippen LogP contribution is 2.46. The highest BCUT2D eigenvalue weighted by molar-refractivity contribution is 5.78. The molecule has 2 aliphatic heterocycles. The fraction of sp³-hybridized carbons (Fsp3) is 0.346. The molecule has 1 saturated carbocycles. The first-order valence-electron chi connectivity index (χ1n) is 11.2. The summed E-state index contributed by atoms with van der Waals surface area (Å²) in [7, 11) is 0. The van der Waals surface area contributed by atoms with E-state index < -0.39 is 12.3 Å². The molecule has 31 heavy (non-hydrogen) atoms. The second-order valence-electron chi connectivity index (χ2n) is 8.99. The van der Waals surface area contributed by atoms with Gasteiger partial charge in [0, 0.05) is 60.1 Å². The van der Waals surface area contributed by atoms with E-state index in [1.165, 1.54) is 22.2 Å². The summed E-state index contributed by atoms with van der Waals surface area (Å²) < 4.78 is 13.8. The number of rotatable bonds is 3. The number of aromatic nitrogens is 1. The summed E-state index contributed by atoms with van der Waals surface area (Å²) in [4.78, 5) is 9.48. The number of fused-ring (bicyclic) bond motifs is 2. The van der Waals surface area contributed by atoms with Gasteiger partial charge >= 0.3 is 0 Å². The zero-order valence-electron chi connectivity index (χ0n) is 17.4. The number of aliphatic hydroxyl groups excluding tert-OH is 1. The van der Waals surface area contributed by atoms with Gasteiger partial charge in [-0.2, -0.15) is 0 Å². The lowest BCUT2D eigenvalue weighted by Gasteiger charge is -2.37. The summed E-state index contributed by atoms with van der Waals surface area (Å²) in [6, 6.07) is 19.4. The van der Waals surface area contributed by atoms with Crippen molar-refractivity contribution >= 4 is 22.7 Å². The van der Waals surface area contributed by atoms with Crippen molar-refractivity contribution in [2.75, 3.05) is 18.0 Å².